The predicted octanol–water partition coefficient (Wildman–Crippen LogP) is 3.06. The first-order valence-electron chi connectivity index (χ1n) is 9.52. The van der Waals surface area contributed by atoms with E-state index in [9.17, 15) is 9.90 Å². The molecular formula is C22H22O6. The maximum Gasteiger partial charge on any atom is 0.271 e. The molecule has 0 aliphatic carbocycles. The monoisotopic (exact) mass is 382 g/mol. The van der Waals surface area contributed by atoms with Gasteiger partial charge in [-0.25, -0.2) is 0 Å². The fourth-order valence-corrected chi connectivity index (χ4v) is 4.27. The van der Waals surface area contributed by atoms with Gasteiger partial charge in [0.25, 0.3) is 5.79 Å². The Kier molecular flexibility index (Phi) is 3.66. The molecule has 0 aromatic heterocycles. The number of epoxide rings is 3. The highest BCUT2D eigenvalue weighted by atomic mass is 16.8. The summed E-state index contributed by atoms with van der Waals surface area (Å²) in [6.45, 7) is 5.90. The number of carbonyl (C=O) groups is 1. The van der Waals surface area contributed by atoms with Crippen LogP contribution in [-0.2, 0) is 14.2 Å². The lowest BCUT2D eigenvalue weighted by atomic mass is 9.91. The van der Waals surface area contributed by atoms with Crippen LogP contribution in [0.15, 0.2) is 48.5 Å². The number of phenolic OH excluding ortho intramolecular Hbond substituents is 1. The van der Waals surface area contributed by atoms with Crippen LogP contribution in [0.2, 0.25) is 0 Å². The molecule has 6 nitrogen and oxygen atoms in total. The second-order valence-electron chi connectivity index (χ2n) is 7.72. The molecule has 6 atom stereocenters. The zero-order valence-electron chi connectivity index (χ0n) is 15.9. The van der Waals surface area contributed by atoms with E-state index in [1.165, 1.54) is 6.07 Å². The van der Waals surface area contributed by atoms with Crippen molar-refractivity contribution in [1.29, 1.82) is 0 Å². The molecule has 0 amide bonds. The van der Waals surface area contributed by atoms with Gasteiger partial charge in [-0.05, 0) is 32.9 Å². The van der Waals surface area contributed by atoms with Crippen molar-refractivity contribution < 1.29 is 28.8 Å². The molecule has 1 N–H and O–H groups in total. The van der Waals surface area contributed by atoms with Gasteiger partial charge >= 0.3 is 0 Å². The van der Waals surface area contributed by atoms with Crippen molar-refractivity contribution in [2.45, 2.75) is 56.6 Å². The lowest BCUT2D eigenvalue weighted by molar-refractivity contribution is -0.0255. The van der Waals surface area contributed by atoms with Crippen LogP contribution in [0.3, 0.4) is 0 Å². The SMILES string of the molecule is CC1OC1C1(C2(Oc3ccc(C(=O)c4ccccc4)c(O)c3)OC2C)OC1C. The summed E-state index contributed by atoms with van der Waals surface area (Å²) in [5.74, 6) is -0.906. The van der Waals surface area contributed by atoms with Gasteiger partial charge < -0.3 is 24.1 Å². The van der Waals surface area contributed by atoms with Crippen molar-refractivity contribution in [1.82, 2.24) is 0 Å². The second-order valence-corrected chi connectivity index (χ2v) is 7.72. The third kappa shape index (κ3) is 2.42. The smallest absolute Gasteiger partial charge is 0.271 e. The number of carbonyl (C=O) groups excluding carboxylic acids is 1. The van der Waals surface area contributed by atoms with Crippen LogP contribution < -0.4 is 4.74 Å². The molecule has 3 saturated heterocycles. The standard InChI is InChI=1S/C22H22O6/c1-12-20(25-12)21(13(2)26-21)22(14(3)27-22)28-16-9-10-17(18(23)11-16)19(24)15-7-5-4-6-8-15/h4-14,20,23H,1-3H3. The van der Waals surface area contributed by atoms with Gasteiger partial charge in [-0.2, -0.15) is 0 Å². The van der Waals surface area contributed by atoms with E-state index in [1.54, 1.807) is 36.4 Å². The number of ketones is 1. The molecule has 28 heavy (non-hydrogen) atoms. The van der Waals surface area contributed by atoms with Crippen LogP contribution in [0.4, 0.5) is 0 Å². The van der Waals surface area contributed by atoms with Gasteiger partial charge in [0.1, 0.15) is 23.7 Å². The Morgan fingerprint density at radius 2 is 1.68 bits per heavy atom. The molecule has 0 bridgehead atoms. The van der Waals surface area contributed by atoms with Crippen LogP contribution in [0.25, 0.3) is 0 Å². The fraction of sp³-hybridized carbons (Fsp3) is 0.409. The number of benzene rings is 2. The normalized spacial score (nSPS) is 38.0. The third-order valence-corrected chi connectivity index (χ3v) is 5.95. The van der Waals surface area contributed by atoms with Crippen molar-refractivity contribution in [2.24, 2.45) is 0 Å². The summed E-state index contributed by atoms with van der Waals surface area (Å²) in [7, 11) is 0. The Labute approximate surface area is 163 Å². The predicted molar refractivity (Wildman–Crippen MR) is 99.5 cm³/mol. The molecule has 0 spiro atoms. The summed E-state index contributed by atoms with van der Waals surface area (Å²) in [5, 5.41) is 10.4. The first-order chi connectivity index (χ1) is 13.4. The Morgan fingerprint density at radius 3 is 2.18 bits per heavy atom. The quantitative estimate of drug-likeness (QED) is 0.611. The van der Waals surface area contributed by atoms with E-state index >= 15 is 0 Å². The minimum atomic E-state index is -0.945. The van der Waals surface area contributed by atoms with E-state index in [2.05, 4.69) is 0 Å². The van der Waals surface area contributed by atoms with Crippen LogP contribution in [-0.4, -0.2) is 46.7 Å². The summed E-state index contributed by atoms with van der Waals surface area (Å²) in [4.78, 5) is 12.6. The Bertz CT molecular complexity index is 943. The maximum atomic E-state index is 12.6. The minimum Gasteiger partial charge on any atom is -0.507 e. The van der Waals surface area contributed by atoms with Crippen molar-refractivity contribution in [2.75, 3.05) is 0 Å². The molecule has 3 aliphatic heterocycles. The van der Waals surface area contributed by atoms with Crippen molar-refractivity contribution in [3.8, 4) is 11.5 Å². The average molecular weight is 382 g/mol. The Morgan fingerprint density at radius 1 is 1.04 bits per heavy atom. The second kappa shape index (κ2) is 5.80. The van der Waals surface area contributed by atoms with Crippen LogP contribution >= 0.6 is 0 Å². The zero-order chi connectivity index (χ0) is 19.7. The van der Waals surface area contributed by atoms with Crippen LogP contribution in [0, 0.1) is 0 Å². The number of hydrogen-bond acceptors (Lipinski definition) is 6. The van der Waals surface area contributed by atoms with Gasteiger partial charge in [-0.3, -0.25) is 4.79 Å². The van der Waals surface area contributed by atoms with Gasteiger partial charge in [0.15, 0.2) is 11.4 Å². The molecule has 3 fully saturated rings. The molecule has 6 unspecified atom stereocenters. The molecule has 2 aromatic rings. The van der Waals surface area contributed by atoms with Crippen LogP contribution in [0.5, 0.6) is 11.5 Å². The molecule has 3 heterocycles. The number of rotatable bonds is 6. The van der Waals surface area contributed by atoms with Gasteiger partial charge in [-0.1, -0.05) is 30.3 Å². The van der Waals surface area contributed by atoms with Gasteiger partial charge in [0, 0.05) is 11.6 Å². The largest absolute Gasteiger partial charge is 0.507 e. The first kappa shape index (κ1) is 17.7. The fourth-order valence-electron chi connectivity index (χ4n) is 4.27. The molecule has 146 valence electrons. The highest BCUT2D eigenvalue weighted by Gasteiger charge is 2.86. The van der Waals surface area contributed by atoms with Crippen molar-refractivity contribution in [3.05, 3.63) is 59.7 Å². The van der Waals surface area contributed by atoms with E-state index in [0.29, 0.717) is 11.3 Å². The van der Waals surface area contributed by atoms with E-state index in [0.717, 1.165) is 0 Å². The molecule has 5 rings (SSSR count). The summed E-state index contributed by atoms with van der Waals surface area (Å²) in [6, 6.07) is 13.5. The Balaban J connectivity index is 1.41. The summed E-state index contributed by atoms with van der Waals surface area (Å²) in [5.41, 5.74) is 0.100. The average Bonchev–Trinajstić information content (AvgIpc) is 3.62. The molecule has 6 heteroatoms. The van der Waals surface area contributed by atoms with Crippen molar-refractivity contribution in [3.63, 3.8) is 0 Å². The van der Waals surface area contributed by atoms with E-state index in [4.69, 9.17) is 18.9 Å². The maximum absolute atomic E-state index is 12.6. The van der Waals surface area contributed by atoms with E-state index < -0.39 is 11.4 Å². The first-order valence-corrected chi connectivity index (χ1v) is 9.52. The number of phenols is 1. The van der Waals surface area contributed by atoms with E-state index in [-0.39, 0.29) is 41.5 Å². The third-order valence-electron chi connectivity index (χ3n) is 5.95. The number of hydrogen-bond donors (Lipinski definition) is 1. The highest BCUT2D eigenvalue weighted by molar-refractivity contribution is 6.10. The van der Waals surface area contributed by atoms with Crippen molar-refractivity contribution >= 4 is 5.78 Å². The molecule has 2 aromatic carbocycles. The van der Waals surface area contributed by atoms with Gasteiger partial charge in [0.05, 0.1) is 17.8 Å². The lowest BCUT2D eigenvalue weighted by Gasteiger charge is -2.22. The molecular weight excluding hydrogens is 360 g/mol. The molecule has 3 aliphatic rings. The zero-order valence-corrected chi connectivity index (χ0v) is 15.9. The summed E-state index contributed by atoms with van der Waals surface area (Å²) >= 11 is 0. The lowest BCUT2D eigenvalue weighted by Crippen LogP contribution is -2.47. The molecule has 0 saturated carbocycles. The summed E-state index contributed by atoms with van der Waals surface area (Å²) < 4.78 is 23.7. The molecule has 0 radical (unpaired) electrons. The van der Waals surface area contributed by atoms with E-state index in [1.807, 2.05) is 26.8 Å². The topological polar surface area (TPSA) is 84.1 Å². The Hall–Kier alpha value is -2.41. The highest BCUT2D eigenvalue weighted by Crippen LogP contribution is 2.63. The minimum absolute atomic E-state index is 0.0417. The van der Waals surface area contributed by atoms with Gasteiger partial charge in [-0.15, -0.1) is 0 Å². The van der Waals surface area contributed by atoms with Gasteiger partial charge in [0.2, 0.25) is 0 Å². The number of aromatic hydroxyl groups is 1. The number of ether oxygens (including phenoxy) is 4. The van der Waals surface area contributed by atoms with Crippen LogP contribution in [0.1, 0.15) is 36.7 Å². The summed E-state index contributed by atoms with van der Waals surface area (Å²) in [6.07, 6.45) is -0.178.